The molecule has 0 aliphatic heterocycles. The monoisotopic (exact) mass is 375 g/mol. The van der Waals surface area contributed by atoms with Crippen LogP contribution in [0.25, 0.3) is 0 Å². The predicted octanol–water partition coefficient (Wildman–Crippen LogP) is 5.58. The van der Waals surface area contributed by atoms with Gasteiger partial charge in [-0.2, -0.15) is 0 Å². The topological polar surface area (TPSA) is 47.6 Å². The normalized spacial score (nSPS) is 10.7. The van der Waals surface area contributed by atoms with E-state index < -0.39 is 0 Å². The minimum atomic E-state index is -0.0968. The van der Waals surface area contributed by atoms with Gasteiger partial charge in [0, 0.05) is 11.4 Å². The van der Waals surface area contributed by atoms with E-state index in [4.69, 9.17) is 21.1 Å². The first-order chi connectivity index (χ1) is 12.4. The number of hydrogen-bond acceptors (Lipinski definition) is 3. The SMILES string of the molecule is COc1ccc(Cl)cc1NC(=O)CCCOc1ccc(C(C)C)c(C)c1. The van der Waals surface area contributed by atoms with Gasteiger partial charge in [-0.1, -0.05) is 31.5 Å². The number of aryl methyl sites for hydroxylation is 1. The first-order valence-electron chi connectivity index (χ1n) is 8.77. The van der Waals surface area contributed by atoms with Gasteiger partial charge >= 0.3 is 0 Å². The number of carbonyl (C=O) groups excluding carboxylic acids is 1. The number of amides is 1. The Kier molecular flexibility index (Phi) is 7.34. The molecule has 4 nitrogen and oxygen atoms in total. The molecule has 1 N–H and O–H groups in total. The number of nitrogens with one attached hydrogen (secondary N) is 1. The highest BCUT2D eigenvalue weighted by Gasteiger charge is 2.09. The van der Waals surface area contributed by atoms with E-state index in [2.05, 4.69) is 32.2 Å². The van der Waals surface area contributed by atoms with Crippen LogP contribution in [0.15, 0.2) is 36.4 Å². The number of rotatable bonds is 8. The highest BCUT2D eigenvalue weighted by Crippen LogP contribution is 2.28. The second-order valence-corrected chi connectivity index (χ2v) is 6.95. The van der Waals surface area contributed by atoms with Gasteiger partial charge in [0.1, 0.15) is 11.5 Å². The highest BCUT2D eigenvalue weighted by atomic mass is 35.5. The van der Waals surface area contributed by atoms with Crippen LogP contribution in [0.3, 0.4) is 0 Å². The van der Waals surface area contributed by atoms with E-state index in [1.807, 2.05) is 12.1 Å². The summed E-state index contributed by atoms with van der Waals surface area (Å²) in [5.74, 6) is 1.82. The number of hydrogen-bond donors (Lipinski definition) is 1. The molecule has 2 aromatic rings. The molecule has 5 heteroatoms. The molecule has 2 rings (SSSR count). The fourth-order valence-corrected chi connectivity index (χ4v) is 2.97. The zero-order valence-electron chi connectivity index (χ0n) is 15.8. The van der Waals surface area contributed by atoms with Gasteiger partial charge in [0.15, 0.2) is 0 Å². The van der Waals surface area contributed by atoms with Crippen molar-refractivity contribution in [2.45, 2.75) is 39.5 Å². The van der Waals surface area contributed by atoms with Crippen LogP contribution in [0.4, 0.5) is 5.69 Å². The lowest BCUT2D eigenvalue weighted by Gasteiger charge is -2.13. The van der Waals surface area contributed by atoms with Crippen molar-refractivity contribution in [2.24, 2.45) is 0 Å². The van der Waals surface area contributed by atoms with E-state index in [-0.39, 0.29) is 5.91 Å². The number of methoxy groups -OCH3 is 1. The van der Waals surface area contributed by atoms with Gasteiger partial charge < -0.3 is 14.8 Å². The molecule has 0 aliphatic rings. The molecule has 140 valence electrons. The van der Waals surface area contributed by atoms with Crippen LogP contribution >= 0.6 is 11.6 Å². The van der Waals surface area contributed by atoms with Crippen molar-refractivity contribution in [2.75, 3.05) is 19.0 Å². The Hall–Kier alpha value is -2.20. The highest BCUT2D eigenvalue weighted by molar-refractivity contribution is 6.31. The van der Waals surface area contributed by atoms with Crippen LogP contribution in [-0.2, 0) is 4.79 Å². The van der Waals surface area contributed by atoms with E-state index in [9.17, 15) is 4.79 Å². The van der Waals surface area contributed by atoms with Crippen LogP contribution in [0.1, 0.15) is 43.7 Å². The summed E-state index contributed by atoms with van der Waals surface area (Å²) >= 11 is 5.97. The molecule has 0 fully saturated rings. The van der Waals surface area contributed by atoms with Crippen molar-refractivity contribution in [1.29, 1.82) is 0 Å². The quantitative estimate of drug-likeness (QED) is 0.613. The maximum Gasteiger partial charge on any atom is 0.224 e. The summed E-state index contributed by atoms with van der Waals surface area (Å²) in [5.41, 5.74) is 3.13. The molecule has 0 saturated heterocycles. The van der Waals surface area contributed by atoms with Gasteiger partial charge in [0.05, 0.1) is 19.4 Å². The smallest absolute Gasteiger partial charge is 0.224 e. The number of anilines is 1. The van der Waals surface area contributed by atoms with Gasteiger partial charge in [-0.25, -0.2) is 0 Å². The largest absolute Gasteiger partial charge is 0.495 e. The molecular formula is C21H26ClNO3. The summed E-state index contributed by atoms with van der Waals surface area (Å²) in [5, 5.41) is 3.37. The van der Waals surface area contributed by atoms with Crippen LogP contribution < -0.4 is 14.8 Å². The van der Waals surface area contributed by atoms with Crippen LogP contribution in [0.2, 0.25) is 5.02 Å². The molecule has 0 aromatic heterocycles. The standard InChI is InChI=1S/C21H26ClNO3/c1-14(2)18-9-8-17(12-15(18)3)26-11-5-6-21(24)23-19-13-16(22)7-10-20(19)25-4/h7-10,12-14H,5-6,11H2,1-4H3,(H,23,24). The van der Waals surface area contributed by atoms with Crippen LogP contribution in [-0.4, -0.2) is 19.6 Å². The third-order valence-corrected chi connectivity index (χ3v) is 4.35. The molecule has 0 spiro atoms. The van der Waals surface area contributed by atoms with Gasteiger partial charge in [-0.3, -0.25) is 4.79 Å². The average molecular weight is 376 g/mol. The Morgan fingerprint density at radius 3 is 2.62 bits per heavy atom. The summed E-state index contributed by atoms with van der Waals surface area (Å²) in [6, 6.07) is 11.3. The molecule has 0 saturated carbocycles. The second kappa shape index (κ2) is 9.48. The average Bonchev–Trinajstić information content (AvgIpc) is 2.58. The third kappa shape index (κ3) is 5.67. The maximum absolute atomic E-state index is 12.1. The van der Waals surface area contributed by atoms with Crippen LogP contribution in [0, 0.1) is 6.92 Å². The first kappa shape index (κ1) is 20.1. The Bertz CT molecular complexity index is 759. The molecule has 0 bridgehead atoms. The third-order valence-electron chi connectivity index (χ3n) is 4.12. The number of ether oxygens (including phenoxy) is 2. The van der Waals surface area contributed by atoms with Gasteiger partial charge in [0.25, 0.3) is 0 Å². The van der Waals surface area contributed by atoms with E-state index in [0.717, 1.165) is 5.75 Å². The fourth-order valence-electron chi connectivity index (χ4n) is 2.80. The van der Waals surface area contributed by atoms with Crippen molar-refractivity contribution in [3.05, 3.63) is 52.5 Å². The molecule has 2 aromatic carbocycles. The summed E-state index contributed by atoms with van der Waals surface area (Å²) < 4.78 is 11.0. The molecule has 1 amide bonds. The Balaban J connectivity index is 1.80. The Labute approximate surface area is 160 Å². The van der Waals surface area contributed by atoms with E-state index in [1.165, 1.54) is 11.1 Å². The summed E-state index contributed by atoms with van der Waals surface area (Å²) in [6.45, 7) is 6.93. The summed E-state index contributed by atoms with van der Waals surface area (Å²) in [4.78, 5) is 12.1. The summed E-state index contributed by atoms with van der Waals surface area (Å²) in [6.07, 6.45) is 0.985. The lowest BCUT2D eigenvalue weighted by molar-refractivity contribution is -0.116. The fraction of sp³-hybridized carbons (Fsp3) is 0.381. The van der Waals surface area contributed by atoms with Crippen molar-refractivity contribution in [3.63, 3.8) is 0 Å². The lowest BCUT2D eigenvalue weighted by atomic mass is 9.98. The Morgan fingerprint density at radius 1 is 1.19 bits per heavy atom. The molecule has 0 radical (unpaired) electrons. The predicted molar refractivity (Wildman–Crippen MR) is 107 cm³/mol. The van der Waals surface area contributed by atoms with E-state index in [0.29, 0.717) is 41.8 Å². The van der Waals surface area contributed by atoms with E-state index in [1.54, 1.807) is 25.3 Å². The second-order valence-electron chi connectivity index (χ2n) is 6.52. The van der Waals surface area contributed by atoms with Gasteiger partial charge in [-0.15, -0.1) is 0 Å². The number of carbonyl (C=O) groups is 1. The van der Waals surface area contributed by atoms with Crippen molar-refractivity contribution < 1.29 is 14.3 Å². The zero-order valence-corrected chi connectivity index (χ0v) is 16.5. The van der Waals surface area contributed by atoms with Crippen molar-refractivity contribution in [1.82, 2.24) is 0 Å². The molecule has 0 unspecified atom stereocenters. The van der Waals surface area contributed by atoms with Crippen molar-refractivity contribution >= 4 is 23.2 Å². The number of halogens is 1. The minimum Gasteiger partial charge on any atom is -0.495 e. The lowest BCUT2D eigenvalue weighted by Crippen LogP contribution is -2.13. The molecule has 0 atom stereocenters. The number of benzene rings is 2. The molecular weight excluding hydrogens is 350 g/mol. The maximum atomic E-state index is 12.1. The summed E-state index contributed by atoms with van der Waals surface area (Å²) in [7, 11) is 1.55. The minimum absolute atomic E-state index is 0.0968. The molecule has 26 heavy (non-hydrogen) atoms. The van der Waals surface area contributed by atoms with E-state index >= 15 is 0 Å². The van der Waals surface area contributed by atoms with Gasteiger partial charge in [-0.05, 0) is 60.7 Å². The molecule has 0 heterocycles. The van der Waals surface area contributed by atoms with Gasteiger partial charge in [0.2, 0.25) is 5.91 Å². The first-order valence-corrected chi connectivity index (χ1v) is 9.15. The van der Waals surface area contributed by atoms with Crippen molar-refractivity contribution in [3.8, 4) is 11.5 Å². The zero-order chi connectivity index (χ0) is 19.1. The van der Waals surface area contributed by atoms with Crippen LogP contribution in [0.5, 0.6) is 11.5 Å². The molecule has 0 aliphatic carbocycles. The Morgan fingerprint density at radius 2 is 1.96 bits per heavy atom.